The largest absolute Gasteiger partial charge is 0.481 e. The van der Waals surface area contributed by atoms with E-state index in [1.807, 2.05) is 0 Å². The molecule has 0 aliphatic carbocycles. The number of amides is 10. The molecule has 474 valence electrons. The van der Waals surface area contributed by atoms with E-state index in [9.17, 15) is 67.7 Å². The molecular formula is C54H91N13O15S2. The summed E-state index contributed by atoms with van der Waals surface area (Å²) in [7, 11) is 0. The monoisotopic (exact) mass is 1230 g/mol. The molecule has 30 heteroatoms. The van der Waals surface area contributed by atoms with Gasteiger partial charge in [-0.15, -0.1) is 0 Å². The maximum absolute atomic E-state index is 14.2. The Hall–Kier alpha value is -6.60. The number of carboxylic acids is 2. The number of hydrogen-bond donors (Lipinski definition) is 16. The van der Waals surface area contributed by atoms with Gasteiger partial charge in [0.15, 0.2) is 0 Å². The average Bonchev–Trinajstić information content (AvgIpc) is 3.52. The number of unbranched alkanes of at least 4 members (excludes halogenated alkanes) is 2. The number of aliphatic carboxylic acids is 2. The fourth-order valence-corrected chi connectivity index (χ4v) is 9.06. The molecule has 19 N–H and O–H groups in total. The second kappa shape index (κ2) is 41.4. The third kappa shape index (κ3) is 29.8. The highest BCUT2D eigenvalue weighted by Gasteiger charge is 2.35. The van der Waals surface area contributed by atoms with Gasteiger partial charge in [0, 0.05) is 6.42 Å². The molecule has 0 unspecified atom stereocenters. The van der Waals surface area contributed by atoms with Crippen molar-refractivity contribution in [2.45, 2.75) is 166 Å². The fourth-order valence-electron chi connectivity index (χ4n) is 8.12. The van der Waals surface area contributed by atoms with Crippen LogP contribution in [0, 0.1) is 11.8 Å². The number of thioether (sulfide) groups is 2. The number of nitrogens with one attached hydrogen (secondary N) is 10. The lowest BCUT2D eigenvalue weighted by atomic mass is 10.00. The number of aliphatic hydroxyl groups excluding tert-OH is 1. The molecule has 0 aliphatic rings. The smallest absolute Gasteiger partial charge is 0.326 e. The van der Waals surface area contributed by atoms with Crippen LogP contribution in [0.25, 0.3) is 0 Å². The summed E-state index contributed by atoms with van der Waals surface area (Å²) in [5, 5.41) is 54.3. The normalized spacial score (nSPS) is 14.7. The zero-order chi connectivity index (χ0) is 63.5. The molecule has 0 bridgehead atoms. The molecular weight excluding hydrogens is 1130 g/mol. The molecule has 28 nitrogen and oxygen atoms in total. The van der Waals surface area contributed by atoms with Crippen LogP contribution in [0.15, 0.2) is 30.3 Å². The van der Waals surface area contributed by atoms with Crippen molar-refractivity contribution in [3.8, 4) is 0 Å². The highest BCUT2D eigenvalue weighted by molar-refractivity contribution is 7.98. The zero-order valence-electron chi connectivity index (χ0n) is 49.1. The first-order valence-electron chi connectivity index (χ1n) is 28.0. The molecule has 10 amide bonds. The van der Waals surface area contributed by atoms with Crippen LogP contribution >= 0.6 is 23.5 Å². The number of rotatable bonds is 43. The predicted octanol–water partition coefficient (Wildman–Crippen LogP) is -2.93. The second-order valence-corrected chi connectivity index (χ2v) is 22.8. The minimum Gasteiger partial charge on any atom is -0.481 e. The highest BCUT2D eigenvalue weighted by Crippen LogP contribution is 2.12. The molecule has 1 aromatic carbocycles. The van der Waals surface area contributed by atoms with E-state index in [4.69, 9.17) is 22.3 Å². The lowest BCUT2D eigenvalue weighted by Gasteiger charge is -2.28. The topological polar surface area (TPSA) is 464 Å². The zero-order valence-corrected chi connectivity index (χ0v) is 50.8. The van der Waals surface area contributed by atoms with Gasteiger partial charge in [-0.2, -0.15) is 23.5 Å². The maximum Gasteiger partial charge on any atom is 0.326 e. The van der Waals surface area contributed by atoms with Gasteiger partial charge in [-0.25, -0.2) is 4.79 Å². The van der Waals surface area contributed by atoms with Gasteiger partial charge < -0.3 is 85.7 Å². The van der Waals surface area contributed by atoms with Crippen LogP contribution < -0.4 is 70.4 Å². The van der Waals surface area contributed by atoms with Crippen molar-refractivity contribution < 1.29 is 72.9 Å². The molecule has 0 radical (unpaired) electrons. The Bertz CT molecular complexity index is 2310. The van der Waals surface area contributed by atoms with Gasteiger partial charge in [-0.3, -0.25) is 52.7 Å². The SMILES string of the molecule is CSCC[C@H](NC(=O)[C@H](CO)NC(=O)[C@H](CC(C)C)NC(=O)CNC(=O)[C@H](CCCCN)NC(=O)[C@H](CCSC)NC(=O)[C@H](Cc1ccccc1)NC(=O)[C@@H](NC(=O)[C@@H](N)CC(=O)O)C(C)C)C(=O)N[C@@H](C)C(=O)N[C@@H](CCCCN)C(=O)O. The van der Waals surface area contributed by atoms with Crippen molar-refractivity contribution in [3.05, 3.63) is 35.9 Å². The predicted molar refractivity (Wildman–Crippen MR) is 317 cm³/mol. The van der Waals surface area contributed by atoms with Crippen LogP contribution in [0.4, 0.5) is 0 Å². The lowest BCUT2D eigenvalue weighted by Crippen LogP contribution is -2.60. The van der Waals surface area contributed by atoms with Crippen molar-refractivity contribution in [1.29, 1.82) is 0 Å². The van der Waals surface area contributed by atoms with Crippen molar-refractivity contribution in [2.75, 3.05) is 50.3 Å². The third-order valence-electron chi connectivity index (χ3n) is 12.9. The van der Waals surface area contributed by atoms with Crippen molar-refractivity contribution >= 4 is 94.5 Å². The van der Waals surface area contributed by atoms with E-state index < -0.39 is 157 Å². The molecule has 1 aromatic rings. The van der Waals surface area contributed by atoms with E-state index in [2.05, 4.69) is 53.2 Å². The quantitative estimate of drug-likeness (QED) is 0.0291. The van der Waals surface area contributed by atoms with Crippen LogP contribution in [0.5, 0.6) is 0 Å². The van der Waals surface area contributed by atoms with Gasteiger partial charge in [0.05, 0.1) is 25.6 Å². The number of benzene rings is 1. The first-order chi connectivity index (χ1) is 39.7. The summed E-state index contributed by atoms with van der Waals surface area (Å²) in [6, 6.07) is -4.61. The minimum atomic E-state index is -1.63. The highest BCUT2D eigenvalue weighted by atomic mass is 32.2. The molecule has 0 saturated carbocycles. The van der Waals surface area contributed by atoms with E-state index in [1.165, 1.54) is 30.4 Å². The molecule has 84 heavy (non-hydrogen) atoms. The van der Waals surface area contributed by atoms with Crippen molar-refractivity contribution in [3.63, 3.8) is 0 Å². The molecule has 0 aromatic heterocycles. The fraction of sp³-hybridized carbons (Fsp3) is 0.667. The summed E-state index contributed by atoms with van der Waals surface area (Å²) in [5.41, 5.74) is 17.6. The summed E-state index contributed by atoms with van der Waals surface area (Å²) in [5.74, 6) is -11.0. The Balaban J connectivity index is 3.28. The van der Waals surface area contributed by atoms with Crippen LogP contribution in [-0.4, -0.2) is 197 Å². The summed E-state index contributed by atoms with van der Waals surface area (Å²) in [6.07, 6.45) is 4.85. The van der Waals surface area contributed by atoms with Crippen LogP contribution in [0.3, 0.4) is 0 Å². The van der Waals surface area contributed by atoms with Crippen molar-refractivity contribution in [1.82, 2.24) is 53.2 Å². The molecule has 0 aliphatic heterocycles. The van der Waals surface area contributed by atoms with E-state index >= 15 is 0 Å². The van der Waals surface area contributed by atoms with Gasteiger partial charge in [-0.1, -0.05) is 58.0 Å². The van der Waals surface area contributed by atoms with Crippen molar-refractivity contribution in [2.24, 2.45) is 29.0 Å². The standard InChI is InChI=1S/C54H91N13O15S2/c1-30(2)25-39(50(77)66-41(29-68)52(79)63-36(19-23-83-6)48(75)59-32(5)45(72)64-38(54(81)82)18-12-14-22-56)60-42(69)28-58-47(74)35(17-11-13-21-55)61-49(76)37(20-24-84-7)62-51(78)40(26-33-15-9-8-10-16-33)65-53(80)44(31(3)4)67-46(73)34(57)27-43(70)71/h8-10,15-16,30-32,34-41,44,68H,11-14,17-29,55-57H2,1-7H3,(H,58,74)(H,59,75)(H,60,69)(H,61,76)(H,62,78)(H,63,79)(H,64,72)(H,65,80)(H,66,77)(H,67,73)(H,70,71)(H,81,82)/t32-,34-,35-,36-,37-,38-,39-,40-,41-,44-/m0/s1. The molecule has 0 spiro atoms. The first kappa shape index (κ1) is 75.4. The first-order valence-corrected chi connectivity index (χ1v) is 30.7. The minimum absolute atomic E-state index is 0.0226. The average molecular weight is 1230 g/mol. The summed E-state index contributed by atoms with van der Waals surface area (Å²) >= 11 is 2.71. The van der Waals surface area contributed by atoms with Crippen LogP contribution in [-0.2, 0) is 64.0 Å². The van der Waals surface area contributed by atoms with Crippen LogP contribution in [0.2, 0.25) is 0 Å². The van der Waals surface area contributed by atoms with Gasteiger partial charge in [0.2, 0.25) is 59.1 Å². The van der Waals surface area contributed by atoms with Gasteiger partial charge in [0.25, 0.3) is 0 Å². The Morgan fingerprint density at radius 3 is 1.46 bits per heavy atom. The Morgan fingerprint density at radius 1 is 0.512 bits per heavy atom. The maximum atomic E-state index is 14.2. The number of hydrogen-bond acceptors (Lipinski definition) is 18. The Kier molecular flexibility index (Phi) is 37.2. The number of carbonyl (C=O) groups excluding carboxylic acids is 10. The third-order valence-corrected chi connectivity index (χ3v) is 14.2. The number of nitrogens with two attached hydrogens (primary N) is 3. The van der Waals surface area contributed by atoms with Gasteiger partial charge >= 0.3 is 11.9 Å². The molecule has 0 heterocycles. The number of aliphatic hydroxyl groups is 1. The Morgan fingerprint density at radius 2 is 0.976 bits per heavy atom. The number of carbonyl (C=O) groups is 12. The molecule has 10 atom stereocenters. The summed E-state index contributed by atoms with van der Waals surface area (Å²) in [6.45, 7) is 7.04. The van der Waals surface area contributed by atoms with Gasteiger partial charge in [0.1, 0.15) is 54.4 Å². The Labute approximate surface area is 499 Å². The summed E-state index contributed by atoms with van der Waals surface area (Å²) < 4.78 is 0. The van der Waals surface area contributed by atoms with Crippen LogP contribution in [0.1, 0.15) is 104 Å². The second-order valence-electron chi connectivity index (χ2n) is 20.8. The van der Waals surface area contributed by atoms with E-state index in [0.29, 0.717) is 49.3 Å². The van der Waals surface area contributed by atoms with E-state index in [1.54, 1.807) is 70.5 Å². The molecule has 0 saturated heterocycles. The van der Waals surface area contributed by atoms with E-state index in [-0.39, 0.29) is 51.0 Å². The number of carboxylic acid groups (broad SMARTS) is 2. The molecule has 0 fully saturated rings. The lowest BCUT2D eigenvalue weighted by molar-refractivity contribution is -0.142. The molecule has 1 rings (SSSR count). The van der Waals surface area contributed by atoms with E-state index in [0.717, 1.165) is 0 Å². The van der Waals surface area contributed by atoms with Gasteiger partial charge in [-0.05, 0) is 119 Å². The summed E-state index contributed by atoms with van der Waals surface area (Å²) in [4.78, 5) is 159.